The Hall–Kier alpha value is -2.01. The number of benzene rings is 2. The summed E-state index contributed by atoms with van der Waals surface area (Å²) in [6.45, 7) is 7.45. The monoisotopic (exact) mass is 336 g/mol. The summed E-state index contributed by atoms with van der Waals surface area (Å²) < 4.78 is 0. The molecule has 2 unspecified atom stereocenters. The molecule has 0 bridgehead atoms. The molecule has 25 heavy (non-hydrogen) atoms. The van der Waals surface area contributed by atoms with Crippen LogP contribution in [-0.4, -0.2) is 30.2 Å². The fraction of sp³-hybridized carbons (Fsp3) is 0.381. The number of hydrogen-bond acceptors (Lipinski definition) is 4. The van der Waals surface area contributed by atoms with Crippen LogP contribution in [0.4, 0.5) is 5.69 Å². The number of hydrogen-bond donors (Lipinski definition) is 2. The van der Waals surface area contributed by atoms with Crippen molar-refractivity contribution >= 4 is 11.9 Å². The van der Waals surface area contributed by atoms with Crippen LogP contribution >= 0.6 is 0 Å². The molecule has 4 N–H and O–H groups in total. The third-order valence-corrected chi connectivity index (χ3v) is 5.16. The predicted molar refractivity (Wildman–Crippen MR) is 105 cm³/mol. The van der Waals surface area contributed by atoms with Gasteiger partial charge in [0.1, 0.15) is 0 Å². The average molecular weight is 336 g/mol. The highest BCUT2D eigenvalue weighted by molar-refractivity contribution is 5.77. The predicted octanol–water partition coefficient (Wildman–Crippen LogP) is 2.97. The Morgan fingerprint density at radius 2 is 1.76 bits per heavy atom. The Morgan fingerprint density at radius 1 is 1.04 bits per heavy atom. The van der Waals surface area contributed by atoms with E-state index >= 15 is 0 Å². The van der Waals surface area contributed by atoms with E-state index in [2.05, 4.69) is 48.0 Å². The van der Waals surface area contributed by atoms with Crippen LogP contribution in [0.5, 0.6) is 0 Å². The maximum absolute atomic E-state index is 6.82. The largest absolute Gasteiger partial charge is 0.321 e. The molecule has 2 aromatic carbocycles. The second-order valence-electron chi connectivity index (χ2n) is 6.82. The lowest BCUT2D eigenvalue weighted by Gasteiger charge is -2.37. The molecule has 0 amide bonds. The van der Waals surface area contributed by atoms with Crippen LogP contribution < -0.4 is 11.5 Å². The van der Waals surface area contributed by atoms with Gasteiger partial charge in [-0.3, -0.25) is 9.89 Å². The van der Waals surface area contributed by atoms with E-state index in [9.17, 15) is 0 Å². The first kappa shape index (κ1) is 17.8. The van der Waals surface area contributed by atoms with E-state index in [1.54, 1.807) is 6.21 Å². The summed E-state index contributed by atoms with van der Waals surface area (Å²) >= 11 is 0. The summed E-state index contributed by atoms with van der Waals surface area (Å²) in [7, 11) is 0. The fourth-order valence-electron chi connectivity index (χ4n) is 3.55. The second kappa shape index (κ2) is 7.48. The maximum atomic E-state index is 6.82. The minimum Gasteiger partial charge on any atom is -0.321 e. The topological polar surface area (TPSA) is 67.6 Å². The summed E-state index contributed by atoms with van der Waals surface area (Å²) in [6, 6.07) is 16.4. The molecular weight excluding hydrogens is 308 g/mol. The number of para-hydroxylation sites is 1. The van der Waals surface area contributed by atoms with Gasteiger partial charge < -0.3 is 11.5 Å². The highest BCUT2D eigenvalue weighted by Gasteiger charge is 2.37. The fourth-order valence-corrected chi connectivity index (χ4v) is 3.55. The van der Waals surface area contributed by atoms with Crippen LogP contribution in [0.15, 0.2) is 53.5 Å². The maximum Gasteiger partial charge on any atom is 0.0677 e. The first-order valence-corrected chi connectivity index (χ1v) is 9.05. The Bertz CT molecular complexity index is 751. The van der Waals surface area contributed by atoms with Crippen molar-refractivity contribution in [2.45, 2.75) is 38.4 Å². The van der Waals surface area contributed by atoms with Gasteiger partial charge in [-0.05, 0) is 42.3 Å². The molecule has 0 spiro atoms. The molecule has 3 rings (SSSR count). The van der Waals surface area contributed by atoms with Crippen molar-refractivity contribution in [1.82, 2.24) is 4.90 Å². The van der Waals surface area contributed by atoms with Gasteiger partial charge in [0.15, 0.2) is 0 Å². The van der Waals surface area contributed by atoms with Crippen LogP contribution in [0.25, 0.3) is 0 Å². The highest BCUT2D eigenvalue weighted by atomic mass is 15.1. The molecule has 4 nitrogen and oxygen atoms in total. The quantitative estimate of drug-likeness (QED) is 0.852. The smallest absolute Gasteiger partial charge is 0.0677 e. The van der Waals surface area contributed by atoms with Crippen molar-refractivity contribution in [1.29, 1.82) is 0 Å². The lowest BCUT2D eigenvalue weighted by Crippen LogP contribution is -2.56. The van der Waals surface area contributed by atoms with Gasteiger partial charge in [0.25, 0.3) is 0 Å². The molecule has 0 saturated carbocycles. The zero-order valence-corrected chi connectivity index (χ0v) is 15.2. The SMILES string of the molecule is CCN(CC)Cc1cccc(CC2(N)c3ccccc3N=CC2N)c1. The Kier molecular flexibility index (Phi) is 5.33. The standard InChI is InChI=1S/C21H28N4/c1-3-25(4-2)15-17-9-7-8-16(12-17)13-21(23)18-10-5-6-11-19(18)24-14-20(21)22/h5-12,14,20H,3-4,13,15,22-23H2,1-2H3. The van der Waals surface area contributed by atoms with Gasteiger partial charge in [0.2, 0.25) is 0 Å². The summed E-state index contributed by atoms with van der Waals surface area (Å²) in [4.78, 5) is 6.86. The average Bonchev–Trinajstić information content (AvgIpc) is 2.63. The Labute approximate surface area is 150 Å². The molecule has 0 aliphatic carbocycles. The van der Waals surface area contributed by atoms with Crippen LogP contribution in [0.3, 0.4) is 0 Å². The summed E-state index contributed by atoms with van der Waals surface area (Å²) in [6.07, 6.45) is 2.48. The zero-order valence-electron chi connectivity index (χ0n) is 15.2. The van der Waals surface area contributed by atoms with Gasteiger partial charge in [-0.15, -0.1) is 0 Å². The first-order valence-electron chi connectivity index (χ1n) is 9.05. The van der Waals surface area contributed by atoms with Crippen molar-refractivity contribution in [3.8, 4) is 0 Å². The van der Waals surface area contributed by atoms with Crippen molar-refractivity contribution in [2.24, 2.45) is 16.5 Å². The molecule has 2 atom stereocenters. The molecule has 1 heterocycles. The summed E-state index contributed by atoms with van der Waals surface area (Å²) in [5, 5.41) is 0. The summed E-state index contributed by atoms with van der Waals surface area (Å²) in [5.41, 5.74) is 17.0. The number of fused-ring (bicyclic) bond motifs is 1. The van der Waals surface area contributed by atoms with E-state index in [-0.39, 0.29) is 6.04 Å². The van der Waals surface area contributed by atoms with Gasteiger partial charge >= 0.3 is 0 Å². The van der Waals surface area contributed by atoms with Crippen LogP contribution in [0.2, 0.25) is 0 Å². The number of aliphatic imine (C=N–C) groups is 1. The van der Waals surface area contributed by atoms with Crippen molar-refractivity contribution in [2.75, 3.05) is 13.1 Å². The van der Waals surface area contributed by atoms with Crippen LogP contribution in [0.1, 0.15) is 30.5 Å². The molecule has 0 saturated heterocycles. The Balaban J connectivity index is 1.87. The lowest BCUT2D eigenvalue weighted by molar-refractivity contribution is 0.295. The minimum atomic E-state index is -0.633. The van der Waals surface area contributed by atoms with Gasteiger partial charge in [-0.1, -0.05) is 56.3 Å². The van der Waals surface area contributed by atoms with Gasteiger partial charge in [0.05, 0.1) is 17.3 Å². The van der Waals surface area contributed by atoms with E-state index in [0.29, 0.717) is 6.42 Å². The van der Waals surface area contributed by atoms with Crippen molar-refractivity contribution in [3.63, 3.8) is 0 Å². The summed E-state index contributed by atoms with van der Waals surface area (Å²) in [5.74, 6) is 0. The highest BCUT2D eigenvalue weighted by Crippen LogP contribution is 2.36. The lowest BCUT2D eigenvalue weighted by atomic mass is 9.77. The second-order valence-corrected chi connectivity index (χ2v) is 6.82. The van der Waals surface area contributed by atoms with Gasteiger partial charge in [0, 0.05) is 12.8 Å². The molecule has 1 aliphatic heterocycles. The van der Waals surface area contributed by atoms with Crippen molar-refractivity contribution < 1.29 is 0 Å². The van der Waals surface area contributed by atoms with Crippen molar-refractivity contribution in [3.05, 3.63) is 65.2 Å². The van der Waals surface area contributed by atoms with E-state index in [1.807, 2.05) is 24.3 Å². The van der Waals surface area contributed by atoms with Crippen LogP contribution in [0, 0.1) is 0 Å². The number of rotatable bonds is 6. The molecule has 0 radical (unpaired) electrons. The Morgan fingerprint density at radius 3 is 2.52 bits per heavy atom. The molecule has 2 aromatic rings. The minimum absolute atomic E-state index is 0.297. The zero-order chi connectivity index (χ0) is 17.9. The van der Waals surface area contributed by atoms with E-state index in [0.717, 1.165) is 30.9 Å². The van der Waals surface area contributed by atoms with Gasteiger partial charge in [-0.2, -0.15) is 0 Å². The first-order chi connectivity index (χ1) is 12.1. The number of nitrogens with zero attached hydrogens (tertiary/aromatic N) is 2. The molecule has 132 valence electrons. The molecule has 0 fully saturated rings. The third-order valence-electron chi connectivity index (χ3n) is 5.16. The van der Waals surface area contributed by atoms with E-state index < -0.39 is 5.54 Å². The molecule has 4 heteroatoms. The van der Waals surface area contributed by atoms with Crippen LogP contribution in [-0.2, 0) is 18.5 Å². The third kappa shape index (κ3) is 3.66. The normalized spacial score (nSPS) is 22.2. The van der Waals surface area contributed by atoms with E-state index in [1.165, 1.54) is 11.1 Å². The number of nitrogens with two attached hydrogens (primary N) is 2. The molecule has 1 aliphatic rings. The molecular formula is C21H28N4. The molecule has 0 aromatic heterocycles. The van der Waals surface area contributed by atoms with Gasteiger partial charge in [-0.25, -0.2) is 0 Å². The van der Waals surface area contributed by atoms with E-state index in [4.69, 9.17) is 11.5 Å².